The summed E-state index contributed by atoms with van der Waals surface area (Å²) in [7, 11) is 0. The smallest absolute Gasteiger partial charge is 0.321 e. The summed E-state index contributed by atoms with van der Waals surface area (Å²) in [6.07, 6.45) is 3.63. The minimum atomic E-state index is -0.0319. The third-order valence-electron chi connectivity index (χ3n) is 5.52. The van der Waals surface area contributed by atoms with Crippen molar-refractivity contribution in [2.75, 3.05) is 38.0 Å². The molecule has 1 aromatic rings. The molecule has 1 atom stereocenters. The van der Waals surface area contributed by atoms with Crippen LogP contribution >= 0.6 is 0 Å². The first-order valence-corrected chi connectivity index (χ1v) is 11.1. The van der Waals surface area contributed by atoms with Gasteiger partial charge in [0.15, 0.2) is 5.96 Å². The van der Waals surface area contributed by atoms with Crippen LogP contribution in [0.3, 0.4) is 0 Å². The Hall–Kier alpha value is -2.77. The number of guanidine groups is 1. The van der Waals surface area contributed by atoms with Crippen LogP contribution < -0.4 is 16.0 Å². The van der Waals surface area contributed by atoms with E-state index in [-0.39, 0.29) is 18.0 Å². The molecule has 3 amide bonds. The van der Waals surface area contributed by atoms with Crippen molar-refractivity contribution >= 4 is 23.6 Å². The fourth-order valence-electron chi connectivity index (χ4n) is 3.88. The van der Waals surface area contributed by atoms with E-state index in [1.807, 2.05) is 47.9 Å². The molecular weight excluding hydrogens is 380 g/mol. The van der Waals surface area contributed by atoms with Crippen molar-refractivity contribution in [1.82, 2.24) is 20.4 Å². The molecule has 0 spiro atoms. The first kappa shape index (κ1) is 21.9. The fraction of sp³-hybridized carbons (Fsp3) is 0.591. The zero-order valence-corrected chi connectivity index (χ0v) is 18.1. The van der Waals surface area contributed by atoms with Gasteiger partial charge in [-0.05, 0) is 43.9 Å². The molecule has 3 rings (SSSR count). The number of carbonyl (C=O) groups excluding carboxylic acids is 2. The summed E-state index contributed by atoms with van der Waals surface area (Å²) in [4.78, 5) is 32.7. The topological polar surface area (TPSA) is 89.1 Å². The van der Waals surface area contributed by atoms with Crippen molar-refractivity contribution in [2.24, 2.45) is 4.99 Å². The first-order chi connectivity index (χ1) is 14.6. The molecular formula is C22H34N6O2. The zero-order chi connectivity index (χ0) is 21.3. The van der Waals surface area contributed by atoms with Crippen LogP contribution in [0.2, 0.25) is 0 Å². The van der Waals surface area contributed by atoms with E-state index in [0.717, 1.165) is 69.2 Å². The summed E-state index contributed by atoms with van der Waals surface area (Å²) < 4.78 is 0. The van der Waals surface area contributed by atoms with E-state index in [0.29, 0.717) is 13.0 Å². The maximum absolute atomic E-state index is 12.3. The van der Waals surface area contributed by atoms with Crippen LogP contribution in [0.4, 0.5) is 10.5 Å². The molecule has 2 aliphatic rings. The highest BCUT2D eigenvalue weighted by molar-refractivity contribution is 5.89. The van der Waals surface area contributed by atoms with Crippen LogP contribution in [-0.2, 0) is 11.3 Å². The van der Waals surface area contributed by atoms with Crippen LogP contribution in [0, 0.1) is 0 Å². The van der Waals surface area contributed by atoms with Gasteiger partial charge in [-0.15, -0.1) is 0 Å². The third kappa shape index (κ3) is 6.11. The summed E-state index contributed by atoms with van der Waals surface area (Å²) in [5, 5.41) is 9.72. The van der Waals surface area contributed by atoms with Crippen molar-refractivity contribution in [3.63, 3.8) is 0 Å². The standard InChI is InChI=1S/C22H34N6O2/c1-3-20(29)28-13-10-19(16-28)25-21(23-4-2)24-15-17-8-7-9-18(14-17)26-22(30)27-11-5-6-12-27/h7-9,14,19H,3-6,10-13,15-16H2,1-2H3,(H,26,30)(H2,23,24,25). The molecule has 0 aliphatic carbocycles. The minimum Gasteiger partial charge on any atom is -0.357 e. The van der Waals surface area contributed by atoms with Crippen molar-refractivity contribution in [1.29, 1.82) is 0 Å². The molecule has 8 heteroatoms. The lowest BCUT2D eigenvalue weighted by atomic mass is 10.2. The lowest BCUT2D eigenvalue weighted by Crippen LogP contribution is -2.45. The predicted octanol–water partition coefficient (Wildman–Crippen LogP) is 2.38. The second kappa shape index (κ2) is 10.8. The number of hydrogen-bond donors (Lipinski definition) is 3. The Morgan fingerprint density at radius 3 is 2.67 bits per heavy atom. The van der Waals surface area contributed by atoms with Crippen molar-refractivity contribution < 1.29 is 9.59 Å². The van der Waals surface area contributed by atoms with Gasteiger partial charge in [0.05, 0.1) is 6.54 Å². The van der Waals surface area contributed by atoms with Gasteiger partial charge in [0.2, 0.25) is 5.91 Å². The molecule has 0 saturated carbocycles. The average Bonchev–Trinajstić information content (AvgIpc) is 3.44. The summed E-state index contributed by atoms with van der Waals surface area (Å²) >= 11 is 0. The monoisotopic (exact) mass is 414 g/mol. The van der Waals surface area contributed by atoms with Gasteiger partial charge < -0.3 is 25.8 Å². The maximum Gasteiger partial charge on any atom is 0.321 e. The second-order valence-corrected chi connectivity index (χ2v) is 7.84. The lowest BCUT2D eigenvalue weighted by molar-refractivity contribution is -0.129. The van der Waals surface area contributed by atoms with Gasteiger partial charge in [0, 0.05) is 50.9 Å². The molecule has 3 N–H and O–H groups in total. The largest absolute Gasteiger partial charge is 0.357 e. The summed E-state index contributed by atoms with van der Waals surface area (Å²) in [6.45, 7) is 8.38. The zero-order valence-electron chi connectivity index (χ0n) is 18.1. The van der Waals surface area contributed by atoms with Gasteiger partial charge in [0.25, 0.3) is 0 Å². The Morgan fingerprint density at radius 2 is 1.93 bits per heavy atom. The molecule has 2 heterocycles. The number of urea groups is 1. The molecule has 2 aliphatic heterocycles. The number of hydrogen-bond acceptors (Lipinski definition) is 3. The molecule has 0 bridgehead atoms. The fourth-order valence-corrected chi connectivity index (χ4v) is 3.88. The normalized spacial score (nSPS) is 19.1. The molecule has 2 fully saturated rings. The minimum absolute atomic E-state index is 0.0319. The highest BCUT2D eigenvalue weighted by Crippen LogP contribution is 2.15. The van der Waals surface area contributed by atoms with Crippen molar-refractivity contribution in [2.45, 2.75) is 52.1 Å². The summed E-state index contributed by atoms with van der Waals surface area (Å²) in [5.41, 5.74) is 1.82. The van der Waals surface area contributed by atoms with E-state index in [1.165, 1.54) is 0 Å². The van der Waals surface area contributed by atoms with E-state index in [1.54, 1.807) is 0 Å². The SMILES string of the molecule is CCNC(=NCc1cccc(NC(=O)N2CCCC2)c1)NC1CCN(C(=O)CC)C1. The summed E-state index contributed by atoms with van der Waals surface area (Å²) in [5.74, 6) is 0.953. The van der Waals surface area contributed by atoms with Crippen LogP contribution in [0.5, 0.6) is 0 Å². The van der Waals surface area contributed by atoms with Gasteiger partial charge in [-0.2, -0.15) is 0 Å². The number of amides is 3. The van der Waals surface area contributed by atoms with Crippen LogP contribution in [-0.4, -0.2) is 66.5 Å². The van der Waals surface area contributed by atoms with E-state index >= 15 is 0 Å². The number of nitrogens with zero attached hydrogens (tertiary/aromatic N) is 3. The molecule has 2 saturated heterocycles. The molecule has 0 radical (unpaired) electrons. The van der Waals surface area contributed by atoms with E-state index < -0.39 is 0 Å². The van der Waals surface area contributed by atoms with Gasteiger partial charge in [-0.25, -0.2) is 9.79 Å². The molecule has 164 valence electrons. The number of likely N-dealkylation sites (tertiary alicyclic amines) is 2. The number of aliphatic imine (C=N–C) groups is 1. The van der Waals surface area contributed by atoms with Crippen LogP contribution in [0.25, 0.3) is 0 Å². The Bertz CT molecular complexity index is 760. The van der Waals surface area contributed by atoms with E-state index in [2.05, 4.69) is 16.0 Å². The maximum atomic E-state index is 12.3. The quantitative estimate of drug-likeness (QED) is 0.493. The number of carbonyl (C=O) groups is 2. The van der Waals surface area contributed by atoms with E-state index in [4.69, 9.17) is 4.99 Å². The van der Waals surface area contributed by atoms with E-state index in [9.17, 15) is 9.59 Å². The summed E-state index contributed by atoms with van der Waals surface area (Å²) in [6, 6.07) is 8.01. The first-order valence-electron chi connectivity index (χ1n) is 11.1. The molecule has 1 unspecified atom stereocenters. The highest BCUT2D eigenvalue weighted by atomic mass is 16.2. The number of anilines is 1. The Morgan fingerprint density at radius 1 is 1.13 bits per heavy atom. The van der Waals surface area contributed by atoms with Crippen LogP contribution in [0.15, 0.2) is 29.3 Å². The molecule has 1 aromatic carbocycles. The second-order valence-electron chi connectivity index (χ2n) is 7.84. The molecule has 8 nitrogen and oxygen atoms in total. The third-order valence-corrected chi connectivity index (χ3v) is 5.52. The van der Waals surface area contributed by atoms with Crippen molar-refractivity contribution in [3.05, 3.63) is 29.8 Å². The number of rotatable bonds is 6. The number of benzene rings is 1. The van der Waals surface area contributed by atoms with Crippen LogP contribution in [0.1, 0.15) is 45.1 Å². The van der Waals surface area contributed by atoms with Crippen molar-refractivity contribution in [3.8, 4) is 0 Å². The van der Waals surface area contributed by atoms with Gasteiger partial charge in [-0.1, -0.05) is 19.1 Å². The Kier molecular flexibility index (Phi) is 7.93. The highest BCUT2D eigenvalue weighted by Gasteiger charge is 2.25. The van der Waals surface area contributed by atoms with Gasteiger partial charge in [-0.3, -0.25) is 4.79 Å². The Balaban J connectivity index is 1.56. The van der Waals surface area contributed by atoms with Gasteiger partial charge in [0.1, 0.15) is 0 Å². The molecule has 30 heavy (non-hydrogen) atoms. The van der Waals surface area contributed by atoms with Gasteiger partial charge >= 0.3 is 6.03 Å². The molecule has 0 aromatic heterocycles. The predicted molar refractivity (Wildman–Crippen MR) is 119 cm³/mol. The Labute approximate surface area is 179 Å². The average molecular weight is 415 g/mol. The lowest BCUT2D eigenvalue weighted by Gasteiger charge is -2.19. The number of nitrogens with one attached hydrogen (secondary N) is 3.